The molecule has 0 unspecified atom stereocenters. The van der Waals surface area contributed by atoms with Gasteiger partial charge in [0, 0.05) is 37.3 Å². The number of nitrogens with one attached hydrogen (secondary N) is 2. The minimum atomic E-state index is -3.01. The van der Waals surface area contributed by atoms with Gasteiger partial charge >= 0.3 is 6.09 Å². The van der Waals surface area contributed by atoms with Crippen LogP contribution in [0.3, 0.4) is 0 Å². The van der Waals surface area contributed by atoms with E-state index >= 15 is 0 Å². The molecule has 0 spiro atoms. The number of ether oxygens (including phenoxy) is 1. The summed E-state index contributed by atoms with van der Waals surface area (Å²) in [5, 5.41) is 5.23. The molecule has 0 aromatic heterocycles. The molecule has 1 saturated carbocycles. The molecule has 7 atom stereocenters. The van der Waals surface area contributed by atoms with Gasteiger partial charge in [0.05, 0.1) is 0 Å². The molecule has 3 rings (SSSR count). The highest BCUT2D eigenvalue weighted by Gasteiger charge is 2.61. The van der Waals surface area contributed by atoms with Crippen molar-refractivity contribution in [2.45, 2.75) is 77.5 Å². The SMILES string of the molecule is C[C@H]1CC(F)(F)[C@@H](C)[C@H]2[C@@H]1CN(C(=O)OC(C)(C)C)[C@@H]2C(=O)N[C@@H](C[C@@H]1CCNC1=O)C(N)=O. The van der Waals surface area contributed by atoms with E-state index in [-0.39, 0.29) is 31.2 Å². The summed E-state index contributed by atoms with van der Waals surface area (Å²) in [7, 11) is 0. The Labute approximate surface area is 198 Å². The first-order valence-electron chi connectivity index (χ1n) is 11.9. The molecule has 0 aromatic rings. The number of rotatable bonds is 5. The third kappa shape index (κ3) is 5.27. The Hall–Kier alpha value is -2.46. The van der Waals surface area contributed by atoms with Gasteiger partial charge in [0.15, 0.2) is 0 Å². The number of hydrogen-bond acceptors (Lipinski definition) is 5. The fourth-order valence-electron chi connectivity index (χ4n) is 5.64. The van der Waals surface area contributed by atoms with Gasteiger partial charge in [-0.05, 0) is 45.4 Å². The molecular formula is C23H36F2N4O5. The zero-order valence-electron chi connectivity index (χ0n) is 20.4. The second-order valence-electron chi connectivity index (χ2n) is 11.0. The number of halogens is 2. The standard InChI is InChI=1S/C23H36F2N4O5/c1-11-9-23(24,25)12(2)16-14(11)10-29(21(33)34-22(3,4)5)17(16)20(32)28-15(18(26)30)8-13-6-7-27-19(13)31/h11-17H,6-10H2,1-5H3,(H2,26,30)(H,27,31)(H,28,32)/t11-,12-,13-,14+,15-,16-,17-/m0/s1. The zero-order valence-corrected chi connectivity index (χ0v) is 20.4. The fraction of sp³-hybridized carbons (Fsp3) is 0.826. The summed E-state index contributed by atoms with van der Waals surface area (Å²) in [6.07, 6.45) is -0.595. The predicted octanol–water partition coefficient (Wildman–Crippen LogP) is 1.65. The van der Waals surface area contributed by atoms with Gasteiger partial charge in [-0.2, -0.15) is 0 Å². The average molecular weight is 487 g/mol. The van der Waals surface area contributed by atoms with Crippen LogP contribution in [0.25, 0.3) is 0 Å². The molecule has 0 aromatic carbocycles. The van der Waals surface area contributed by atoms with Crippen molar-refractivity contribution in [3.05, 3.63) is 0 Å². The molecule has 1 aliphatic carbocycles. The minimum absolute atomic E-state index is 0.00226. The van der Waals surface area contributed by atoms with Crippen LogP contribution in [0, 0.1) is 29.6 Å². The van der Waals surface area contributed by atoms with E-state index in [0.29, 0.717) is 13.0 Å². The van der Waals surface area contributed by atoms with Gasteiger partial charge in [0.1, 0.15) is 17.7 Å². The van der Waals surface area contributed by atoms with Crippen molar-refractivity contribution in [1.82, 2.24) is 15.5 Å². The first kappa shape index (κ1) is 26.2. The van der Waals surface area contributed by atoms with Crippen molar-refractivity contribution in [2.24, 2.45) is 35.3 Å². The average Bonchev–Trinajstić information content (AvgIpc) is 3.28. The molecule has 3 fully saturated rings. The Morgan fingerprint density at radius 3 is 2.47 bits per heavy atom. The van der Waals surface area contributed by atoms with Crippen LogP contribution in [0.2, 0.25) is 0 Å². The first-order chi connectivity index (χ1) is 15.6. The lowest BCUT2D eigenvalue weighted by Gasteiger charge is -2.42. The number of alkyl halides is 2. The van der Waals surface area contributed by atoms with E-state index in [1.165, 1.54) is 11.8 Å². The van der Waals surface area contributed by atoms with Crippen molar-refractivity contribution in [1.29, 1.82) is 0 Å². The van der Waals surface area contributed by atoms with Crippen LogP contribution in [0.15, 0.2) is 0 Å². The molecule has 2 aliphatic heterocycles. The van der Waals surface area contributed by atoms with Crippen molar-refractivity contribution in [2.75, 3.05) is 13.1 Å². The number of hydrogen-bond donors (Lipinski definition) is 3. The fourth-order valence-corrected chi connectivity index (χ4v) is 5.64. The lowest BCUT2D eigenvalue weighted by molar-refractivity contribution is -0.145. The molecule has 192 valence electrons. The maximum absolute atomic E-state index is 14.8. The summed E-state index contributed by atoms with van der Waals surface area (Å²) in [6, 6.07) is -2.42. The normalized spacial score (nSPS) is 33.6. The molecule has 0 radical (unpaired) electrons. The maximum atomic E-state index is 14.8. The van der Waals surface area contributed by atoms with Crippen LogP contribution >= 0.6 is 0 Å². The van der Waals surface area contributed by atoms with Crippen LogP contribution in [0.5, 0.6) is 0 Å². The number of carbonyl (C=O) groups is 4. The van der Waals surface area contributed by atoms with Crippen LogP contribution in [0.4, 0.5) is 13.6 Å². The largest absolute Gasteiger partial charge is 0.444 e. The Morgan fingerprint density at radius 2 is 1.94 bits per heavy atom. The molecule has 34 heavy (non-hydrogen) atoms. The van der Waals surface area contributed by atoms with E-state index in [2.05, 4.69) is 10.6 Å². The molecule has 3 aliphatic rings. The van der Waals surface area contributed by atoms with Crippen LogP contribution in [0.1, 0.15) is 53.9 Å². The number of fused-ring (bicyclic) bond motifs is 1. The van der Waals surface area contributed by atoms with Gasteiger partial charge in [-0.3, -0.25) is 19.3 Å². The molecule has 2 heterocycles. The number of carbonyl (C=O) groups excluding carboxylic acids is 4. The number of likely N-dealkylation sites (tertiary alicyclic amines) is 1. The summed E-state index contributed by atoms with van der Waals surface area (Å²) in [5.74, 6) is -8.04. The van der Waals surface area contributed by atoms with Crippen molar-refractivity contribution in [3.8, 4) is 0 Å². The van der Waals surface area contributed by atoms with E-state index in [1.807, 2.05) is 0 Å². The van der Waals surface area contributed by atoms with Crippen LogP contribution in [-0.4, -0.2) is 65.4 Å². The minimum Gasteiger partial charge on any atom is -0.444 e. The number of amides is 4. The van der Waals surface area contributed by atoms with Gasteiger partial charge in [-0.15, -0.1) is 0 Å². The molecule has 11 heteroatoms. The lowest BCUT2D eigenvalue weighted by Crippen LogP contribution is -2.57. The van der Waals surface area contributed by atoms with Gasteiger partial charge in [0.25, 0.3) is 5.92 Å². The van der Waals surface area contributed by atoms with Crippen molar-refractivity contribution < 1.29 is 32.7 Å². The Bertz CT molecular complexity index is 846. The molecule has 0 bridgehead atoms. The van der Waals surface area contributed by atoms with Gasteiger partial charge in [-0.25, -0.2) is 13.6 Å². The summed E-state index contributed by atoms with van der Waals surface area (Å²) in [4.78, 5) is 51.8. The summed E-state index contributed by atoms with van der Waals surface area (Å²) in [6.45, 7) is 8.71. The Kier molecular flexibility index (Phi) is 7.15. The highest BCUT2D eigenvalue weighted by molar-refractivity contribution is 5.92. The van der Waals surface area contributed by atoms with Gasteiger partial charge in [0.2, 0.25) is 17.7 Å². The van der Waals surface area contributed by atoms with Crippen molar-refractivity contribution in [3.63, 3.8) is 0 Å². The molecule has 4 N–H and O–H groups in total. The summed E-state index contributed by atoms with van der Waals surface area (Å²) < 4.78 is 35.2. The van der Waals surface area contributed by atoms with Gasteiger partial charge in [-0.1, -0.05) is 13.8 Å². The maximum Gasteiger partial charge on any atom is 0.410 e. The number of primary amides is 1. The first-order valence-corrected chi connectivity index (χ1v) is 11.9. The van der Waals surface area contributed by atoms with Gasteiger partial charge < -0.3 is 21.1 Å². The molecule has 9 nitrogen and oxygen atoms in total. The number of nitrogens with zero attached hydrogens (tertiary/aromatic N) is 1. The Balaban J connectivity index is 1.90. The van der Waals surface area contributed by atoms with E-state index in [1.54, 1.807) is 27.7 Å². The predicted molar refractivity (Wildman–Crippen MR) is 118 cm³/mol. The smallest absolute Gasteiger partial charge is 0.410 e. The second kappa shape index (κ2) is 9.30. The lowest BCUT2D eigenvalue weighted by atomic mass is 9.65. The quantitative estimate of drug-likeness (QED) is 0.544. The Morgan fingerprint density at radius 1 is 1.29 bits per heavy atom. The third-order valence-electron chi connectivity index (χ3n) is 7.41. The molecule has 2 saturated heterocycles. The van der Waals surface area contributed by atoms with E-state index < -0.39 is 65.2 Å². The summed E-state index contributed by atoms with van der Waals surface area (Å²) in [5.41, 5.74) is 4.65. The molecular weight excluding hydrogens is 450 g/mol. The summed E-state index contributed by atoms with van der Waals surface area (Å²) >= 11 is 0. The zero-order chi connectivity index (χ0) is 25.6. The monoisotopic (exact) mass is 486 g/mol. The molecule has 4 amide bonds. The second-order valence-corrected chi connectivity index (χ2v) is 11.0. The van der Waals surface area contributed by atoms with Crippen molar-refractivity contribution >= 4 is 23.8 Å². The van der Waals surface area contributed by atoms with Crippen LogP contribution in [-0.2, 0) is 19.1 Å². The topological polar surface area (TPSA) is 131 Å². The van der Waals surface area contributed by atoms with E-state index in [4.69, 9.17) is 10.5 Å². The van der Waals surface area contributed by atoms with Crippen LogP contribution < -0.4 is 16.4 Å². The van der Waals surface area contributed by atoms with E-state index in [0.717, 1.165) is 0 Å². The van der Waals surface area contributed by atoms with E-state index in [9.17, 15) is 28.0 Å². The highest BCUT2D eigenvalue weighted by atomic mass is 19.3. The highest BCUT2D eigenvalue weighted by Crippen LogP contribution is 2.53. The third-order valence-corrected chi connectivity index (χ3v) is 7.41. The number of nitrogens with two attached hydrogens (primary N) is 1.